The molecule has 0 saturated heterocycles. The van der Waals surface area contributed by atoms with E-state index in [9.17, 15) is 4.79 Å². The Labute approximate surface area is 201 Å². The minimum absolute atomic E-state index is 0. The lowest BCUT2D eigenvalue weighted by Crippen LogP contribution is -2.39. The number of nitrogens with zero attached hydrogens (tertiary/aromatic N) is 2. The van der Waals surface area contributed by atoms with Crippen molar-refractivity contribution in [1.29, 1.82) is 0 Å². The van der Waals surface area contributed by atoms with Gasteiger partial charge in [-0.3, -0.25) is 4.79 Å². The molecule has 2 aromatic carbocycles. The van der Waals surface area contributed by atoms with Crippen LogP contribution in [-0.2, 0) is 24.3 Å². The summed E-state index contributed by atoms with van der Waals surface area (Å²) in [5.41, 5.74) is 3.70. The Morgan fingerprint density at radius 2 is 1.93 bits per heavy atom. The van der Waals surface area contributed by atoms with Crippen molar-refractivity contribution in [2.45, 2.75) is 39.3 Å². The van der Waals surface area contributed by atoms with E-state index in [-0.39, 0.29) is 29.9 Å². The molecule has 1 amide bonds. The first-order chi connectivity index (χ1) is 14.2. The Kier molecular flexibility index (Phi) is 10.4. The van der Waals surface area contributed by atoms with Crippen LogP contribution in [0.15, 0.2) is 53.5 Å². The minimum Gasteiger partial charge on any atom is -0.357 e. The standard InChI is InChI=1S/C23H29ClN4O.HI/c1-2-25-23(27-16-18-7-5-10-21(24)15-18)26-13-6-11-22(29)28-14-12-19-8-3-4-9-20(19)17-28;/h3-5,7-10,15H,2,6,11-14,16-17H2,1H3,(H2,25,26,27);1H. The lowest BCUT2D eigenvalue weighted by molar-refractivity contribution is -0.132. The molecule has 5 nitrogen and oxygen atoms in total. The third-order valence-electron chi connectivity index (χ3n) is 5.00. The zero-order valence-electron chi connectivity index (χ0n) is 17.4. The van der Waals surface area contributed by atoms with Gasteiger partial charge in [0.15, 0.2) is 5.96 Å². The summed E-state index contributed by atoms with van der Waals surface area (Å²) in [6, 6.07) is 16.1. The first kappa shape index (κ1) is 24.5. The van der Waals surface area contributed by atoms with E-state index in [2.05, 4.69) is 33.8 Å². The van der Waals surface area contributed by atoms with Crippen LogP contribution in [0, 0.1) is 0 Å². The number of carbonyl (C=O) groups excluding carboxylic acids is 1. The topological polar surface area (TPSA) is 56.7 Å². The van der Waals surface area contributed by atoms with Crippen LogP contribution in [0.5, 0.6) is 0 Å². The van der Waals surface area contributed by atoms with E-state index in [4.69, 9.17) is 11.6 Å². The van der Waals surface area contributed by atoms with Crippen molar-refractivity contribution >= 4 is 47.4 Å². The summed E-state index contributed by atoms with van der Waals surface area (Å²) in [6.45, 7) is 5.63. The third kappa shape index (κ3) is 7.47. The van der Waals surface area contributed by atoms with Crippen molar-refractivity contribution in [2.24, 2.45) is 4.99 Å². The Morgan fingerprint density at radius 1 is 1.13 bits per heavy atom. The average Bonchev–Trinajstić information content (AvgIpc) is 2.74. The highest BCUT2D eigenvalue weighted by Gasteiger charge is 2.19. The lowest BCUT2D eigenvalue weighted by atomic mass is 9.99. The smallest absolute Gasteiger partial charge is 0.222 e. The van der Waals surface area contributed by atoms with Gasteiger partial charge in [0.05, 0.1) is 6.54 Å². The number of benzene rings is 2. The van der Waals surface area contributed by atoms with E-state index in [0.717, 1.165) is 49.0 Å². The van der Waals surface area contributed by atoms with E-state index in [1.807, 2.05) is 42.2 Å². The molecule has 0 spiro atoms. The Hall–Kier alpha value is -1.80. The largest absolute Gasteiger partial charge is 0.357 e. The molecule has 3 rings (SSSR count). The number of hydrogen-bond acceptors (Lipinski definition) is 2. The summed E-state index contributed by atoms with van der Waals surface area (Å²) in [5, 5.41) is 7.27. The summed E-state index contributed by atoms with van der Waals surface area (Å²) >= 11 is 6.03. The molecule has 1 aliphatic heterocycles. The second-order valence-electron chi connectivity index (χ2n) is 7.19. The summed E-state index contributed by atoms with van der Waals surface area (Å²) < 4.78 is 0. The second-order valence-corrected chi connectivity index (χ2v) is 7.63. The summed E-state index contributed by atoms with van der Waals surface area (Å²) in [7, 11) is 0. The predicted octanol–water partition coefficient (Wildman–Crippen LogP) is 4.38. The molecule has 0 aliphatic carbocycles. The van der Waals surface area contributed by atoms with Crippen LogP contribution in [0.4, 0.5) is 0 Å². The van der Waals surface area contributed by atoms with Gasteiger partial charge in [-0.1, -0.05) is 48.0 Å². The quantitative estimate of drug-likeness (QED) is 0.237. The third-order valence-corrected chi connectivity index (χ3v) is 5.23. The maximum Gasteiger partial charge on any atom is 0.222 e. The van der Waals surface area contributed by atoms with Gasteiger partial charge in [-0.25, -0.2) is 4.99 Å². The van der Waals surface area contributed by atoms with Gasteiger partial charge in [0.2, 0.25) is 5.91 Å². The van der Waals surface area contributed by atoms with Crippen molar-refractivity contribution in [2.75, 3.05) is 19.6 Å². The van der Waals surface area contributed by atoms with E-state index < -0.39 is 0 Å². The van der Waals surface area contributed by atoms with Gasteiger partial charge in [0, 0.05) is 37.6 Å². The molecule has 0 saturated carbocycles. The van der Waals surface area contributed by atoms with Gasteiger partial charge in [0.25, 0.3) is 0 Å². The number of aliphatic imine (C=N–C) groups is 1. The van der Waals surface area contributed by atoms with Crippen molar-refractivity contribution in [3.8, 4) is 0 Å². The van der Waals surface area contributed by atoms with Gasteiger partial charge in [-0.2, -0.15) is 0 Å². The molecule has 2 N–H and O–H groups in total. The number of hydrogen-bond donors (Lipinski definition) is 2. The highest BCUT2D eigenvalue weighted by Crippen LogP contribution is 2.19. The van der Waals surface area contributed by atoms with Crippen LogP contribution in [0.25, 0.3) is 0 Å². The van der Waals surface area contributed by atoms with Crippen molar-refractivity contribution in [1.82, 2.24) is 15.5 Å². The molecule has 162 valence electrons. The van der Waals surface area contributed by atoms with Crippen molar-refractivity contribution < 1.29 is 4.79 Å². The SMILES string of the molecule is CCNC(=NCc1cccc(Cl)c1)NCCCC(=O)N1CCc2ccccc2C1.I. The first-order valence-corrected chi connectivity index (χ1v) is 10.6. The van der Waals surface area contributed by atoms with Gasteiger partial charge in [-0.15, -0.1) is 24.0 Å². The number of nitrogens with one attached hydrogen (secondary N) is 2. The monoisotopic (exact) mass is 540 g/mol. The fourth-order valence-electron chi connectivity index (χ4n) is 3.46. The van der Waals surface area contributed by atoms with Crippen molar-refractivity contribution in [3.63, 3.8) is 0 Å². The van der Waals surface area contributed by atoms with Crippen LogP contribution in [-0.4, -0.2) is 36.4 Å². The van der Waals surface area contributed by atoms with Crippen molar-refractivity contribution in [3.05, 3.63) is 70.2 Å². The number of carbonyl (C=O) groups is 1. The van der Waals surface area contributed by atoms with Gasteiger partial charge >= 0.3 is 0 Å². The molecule has 0 aromatic heterocycles. The van der Waals surface area contributed by atoms with Gasteiger partial charge in [-0.05, 0) is 48.6 Å². The van der Waals surface area contributed by atoms with E-state index in [1.54, 1.807) is 0 Å². The number of amides is 1. The normalized spacial score (nSPS) is 13.3. The fourth-order valence-corrected chi connectivity index (χ4v) is 3.67. The highest BCUT2D eigenvalue weighted by atomic mass is 127. The first-order valence-electron chi connectivity index (χ1n) is 10.3. The maximum atomic E-state index is 12.6. The molecule has 7 heteroatoms. The molecule has 0 bridgehead atoms. The van der Waals surface area contributed by atoms with Crippen LogP contribution in [0.3, 0.4) is 0 Å². The van der Waals surface area contributed by atoms with Crippen LogP contribution in [0.2, 0.25) is 5.02 Å². The van der Waals surface area contributed by atoms with Crippen LogP contribution < -0.4 is 10.6 Å². The average molecular weight is 541 g/mol. The molecule has 0 fully saturated rings. The second kappa shape index (κ2) is 12.8. The van der Waals surface area contributed by atoms with Gasteiger partial charge < -0.3 is 15.5 Å². The molecule has 30 heavy (non-hydrogen) atoms. The molecule has 2 aromatic rings. The molecule has 0 radical (unpaired) electrons. The number of halogens is 2. The molecular weight excluding hydrogens is 511 g/mol. The molecule has 0 unspecified atom stereocenters. The maximum absolute atomic E-state index is 12.6. The Balaban J connectivity index is 0.00000320. The summed E-state index contributed by atoms with van der Waals surface area (Å²) in [6.07, 6.45) is 2.27. The molecule has 1 aliphatic rings. The van der Waals surface area contributed by atoms with E-state index >= 15 is 0 Å². The highest BCUT2D eigenvalue weighted by molar-refractivity contribution is 14.0. The molecule has 1 heterocycles. The Morgan fingerprint density at radius 3 is 2.70 bits per heavy atom. The zero-order chi connectivity index (χ0) is 20.5. The number of fused-ring (bicyclic) bond motifs is 1. The fraction of sp³-hybridized carbons (Fsp3) is 0.391. The summed E-state index contributed by atoms with van der Waals surface area (Å²) in [5.74, 6) is 0.981. The van der Waals surface area contributed by atoms with Crippen LogP contribution >= 0.6 is 35.6 Å². The minimum atomic E-state index is 0. The van der Waals surface area contributed by atoms with E-state index in [0.29, 0.717) is 19.5 Å². The molecule has 0 atom stereocenters. The number of guanidine groups is 1. The molecular formula is C23H30ClIN4O. The lowest BCUT2D eigenvalue weighted by Gasteiger charge is -2.29. The van der Waals surface area contributed by atoms with Gasteiger partial charge in [0.1, 0.15) is 0 Å². The summed E-state index contributed by atoms with van der Waals surface area (Å²) in [4.78, 5) is 19.1. The Bertz CT molecular complexity index is 859. The zero-order valence-corrected chi connectivity index (χ0v) is 20.5. The predicted molar refractivity (Wildman–Crippen MR) is 134 cm³/mol. The number of rotatable bonds is 7. The van der Waals surface area contributed by atoms with E-state index in [1.165, 1.54) is 11.1 Å². The van der Waals surface area contributed by atoms with Crippen LogP contribution in [0.1, 0.15) is 36.5 Å².